The molecular weight excluding hydrogens is 368 g/mol. The van der Waals surface area contributed by atoms with E-state index < -0.39 is 10.1 Å². The maximum Gasteiger partial charge on any atom is 0.339 e. The van der Waals surface area contributed by atoms with Crippen LogP contribution in [-0.2, 0) is 14.9 Å². The highest BCUT2D eigenvalue weighted by atomic mass is 32.2. The topological polar surface area (TPSA) is 93.7 Å². The molecule has 0 radical (unpaired) electrons. The van der Waals surface area contributed by atoms with E-state index in [0.29, 0.717) is 5.69 Å². The molecule has 0 saturated carbocycles. The molecule has 0 aromatic heterocycles. The lowest BCUT2D eigenvalue weighted by atomic mass is 9.90. The van der Waals surface area contributed by atoms with Crippen molar-refractivity contribution in [3.8, 4) is 11.5 Å². The Morgan fingerprint density at radius 3 is 2.74 bits per heavy atom. The zero-order valence-corrected chi connectivity index (χ0v) is 15.6. The smallest absolute Gasteiger partial charge is 0.339 e. The van der Waals surface area contributed by atoms with Gasteiger partial charge in [-0.15, -0.1) is 0 Å². The molecule has 2 aliphatic heterocycles. The largest absolute Gasteiger partial charge is 0.488 e. The molecule has 0 aliphatic carbocycles. The lowest BCUT2D eigenvalue weighted by Gasteiger charge is -2.24. The maximum atomic E-state index is 12.6. The number of benzene rings is 2. The number of ether oxygens (including phenoxy) is 1. The van der Waals surface area contributed by atoms with Crippen molar-refractivity contribution in [2.75, 3.05) is 18.4 Å². The Balaban J connectivity index is 1.54. The van der Waals surface area contributed by atoms with Crippen molar-refractivity contribution >= 4 is 21.7 Å². The molecule has 1 fully saturated rings. The van der Waals surface area contributed by atoms with Crippen molar-refractivity contribution in [2.24, 2.45) is 0 Å². The quantitative estimate of drug-likeness (QED) is 0.781. The summed E-state index contributed by atoms with van der Waals surface area (Å²) in [6.45, 7) is 3.08. The van der Waals surface area contributed by atoms with Gasteiger partial charge in [0.05, 0.1) is 0 Å². The van der Waals surface area contributed by atoms with Crippen molar-refractivity contribution in [2.45, 2.75) is 30.3 Å². The van der Waals surface area contributed by atoms with Crippen molar-refractivity contribution < 1.29 is 22.1 Å². The molecule has 2 heterocycles. The standard InChI is InChI=1S/C19H20N2O5S/c1-12(22)21-13-2-5-15(6-3-13)27(23,24)26-14-4-7-18-17(10-14)16-8-9-20-11-19(16)25-18/h2-7,10,16,19-20H,8-9,11H2,1H3,(H,21,22). The van der Waals surface area contributed by atoms with Crippen molar-refractivity contribution in [3.05, 3.63) is 48.0 Å². The van der Waals surface area contributed by atoms with Gasteiger partial charge in [0, 0.05) is 30.6 Å². The van der Waals surface area contributed by atoms with Crippen LogP contribution in [-0.4, -0.2) is 33.5 Å². The van der Waals surface area contributed by atoms with Crippen LogP contribution in [0.25, 0.3) is 0 Å². The van der Waals surface area contributed by atoms with Gasteiger partial charge in [0.1, 0.15) is 22.5 Å². The summed E-state index contributed by atoms with van der Waals surface area (Å²) in [4.78, 5) is 11.1. The third kappa shape index (κ3) is 3.63. The minimum absolute atomic E-state index is 0.0214. The first-order valence-corrected chi connectivity index (χ1v) is 10.2. The Labute approximate surface area is 157 Å². The van der Waals surface area contributed by atoms with Crippen LogP contribution in [0.5, 0.6) is 11.5 Å². The molecule has 4 rings (SSSR count). The summed E-state index contributed by atoms with van der Waals surface area (Å²) in [6.07, 6.45) is 1.03. The van der Waals surface area contributed by atoms with E-state index in [1.54, 1.807) is 18.2 Å². The molecule has 2 aromatic carbocycles. The summed E-state index contributed by atoms with van der Waals surface area (Å²) < 4.78 is 36.4. The number of anilines is 1. The number of carbonyl (C=O) groups is 1. The SMILES string of the molecule is CC(=O)Nc1ccc(S(=O)(=O)Oc2ccc3c(c2)C2CCNCC2O3)cc1. The van der Waals surface area contributed by atoms with Gasteiger partial charge >= 0.3 is 10.1 Å². The molecule has 2 unspecified atom stereocenters. The summed E-state index contributed by atoms with van der Waals surface area (Å²) in [6, 6.07) is 11.0. The fourth-order valence-electron chi connectivity index (χ4n) is 3.53. The molecule has 2 N–H and O–H groups in total. The van der Waals surface area contributed by atoms with Gasteiger partial charge in [-0.3, -0.25) is 4.79 Å². The fourth-order valence-corrected chi connectivity index (χ4v) is 4.45. The number of rotatable bonds is 4. The number of hydrogen-bond acceptors (Lipinski definition) is 6. The minimum Gasteiger partial charge on any atom is -0.488 e. The van der Waals surface area contributed by atoms with Crippen LogP contribution in [0.15, 0.2) is 47.4 Å². The van der Waals surface area contributed by atoms with Gasteiger partial charge < -0.3 is 19.6 Å². The Morgan fingerprint density at radius 1 is 1.22 bits per heavy atom. The summed E-state index contributed by atoms with van der Waals surface area (Å²) in [5.41, 5.74) is 1.52. The minimum atomic E-state index is -3.97. The molecular formula is C19H20N2O5S. The lowest BCUT2D eigenvalue weighted by Crippen LogP contribution is -2.39. The predicted octanol–water partition coefficient (Wildman–Crippen LogP) is 2.25. The van der Waals surface area contributed by atoms with Gasteiger partial charge in [-0.2, -0.15) is 8.42 Å². The second-order valence-electron chi connectivity index (χ2n) is 6.70. The van der Waals surface area contributed by atoms with E-state index >= 15 is 0 Å². The van der Waals surface area contributed by atoms with E-state index in [0.717, 1.165) is 30.8 Å². The molecule has 1 amide bonds. The summed E-state index contributed by atoms with van der Waals surface area (Å²) >= 11 is 0. The van der Waals surface area contributed by atoms with Gasteiger partial charge in [-0.05, 0) is 55.4 Å². The predicted molar refractivity (Wildman–Crippen MR) is 99.6 cm³/mol. The Kier molecular flexibility index (Phi) is 4.53. The highest BCUT2D eigenvalue weighted by Crippen LogP contribution is 2.43. The Morgan fingerprint density at radius 2 is 2.00 bits per heavy atom. The summed E-state index contributed by atoms with van der Waals surface area (Å²) in [5, 5.41) is 5.90. The first-order valence-electron chi connectivity index (χ1n) is 8.76. The summed E-state index contributed by atoms with van der Waals surface area (Å²) in [7, 11) is -3.97. The molecule has 0 spiro atoms. The third-order valence-corrected chi connectivity index (χ3v) is 6.02. The second-order valence-corrected chi connectivity index (χ2v) is 8.24. The van der Waals surface area contributed by atoms with Gasteiger partial charge in [0.25, 0.3) is 0 Å². The fraction of sp³-hybridized carbons (Fsp3) is 0.316. The molecule has 2 atom stereocenters. The van der Waals surface area contributed by atoms with Crippen LogP contribution < -0.4 is 19.6 Å². The van der Waals surface area contributed by atoms with Crippen molar-refractivity contribution in [1.82, 2.24) is 5.32 Å². The molecule has 1 saturated heterocycles. The van der Waals surface area contributed by atoms with E-state index in [1.165, 1.54) is 31.2 Å². The number of fused-ring (bicyclic) bond motifs is 3. The van der Waals surface area contributed by atoms with Gasteiger partial charge in [-0.25, -0.2) is 0 Å². The Hall–Kier alpha value is -2.58. The van der Waals surface area contributed by atoms with E-state index in [-0.39, 0.29) is 28.6 Å². The monoisotopic (exact) mass is 388 g/mol. The zero-order chi connectivity index (χ0) is 19.0. The van der Waals surface area contributed by atoms with Crippen molar-refractivity contribution in [1.29, 1.82) is 0 Å². The molecule has 0 bridgehead atoms. The molecule has 8 heteroatoms. The van der Waals surface area contributed by atoms with Gasteiger partial charge in [0.15, 0.2) is 0 Å². The lowest BCUT2D eigenvalue weighted by molar-refractivity contribution is -0.114. The van der Waals surface area contributed by atoms with Crippen LogP contribution in [0.2, 0.25) is 0 Å². The van der Waals surface area contributed by atoms with Gasteiger partial charge in [0.2, 0.25) is 5.91 Å². The van der Waals surface area contributed by atoms with Crippen LogP contribution in [0.1, 0.15) is 24.8 Å². The highest BCUT2D eigenvalue weighted by molar-refractivity contribution is 7.87. The molecule has 142 valence electrons. The number of piperidine rings is 1. The number of nitrogens with one attached hydrogen (secondary N) is 2. The van der Waals surface area contributed by atoms with Crippen molar-refractivity contribution in [3.63, 3.8) is 0 Å². The normalized spacial score (nSPS) is 20.9. The van der Waals surface area contributed by atoms with E-state index in [1.807, 2.05) is 0 Å². The molecule has 2 aliphatic rings. The highest BCUT2D eigenvalue weighted by Gasteiger charge is 2.36. The summed E-state index contributed by atoms with van der Waals surface area (Å²) in [5.74, 6) is 1.09. The maximum absolute atomic E-state index is 12.6. The van der Waals surface area contributed by atoms with Crippen LogP contribution in [0, 0.1) is 0 Å². The average molecular weight is 388 g/mol. The molecule has 27 heavy (non-hydrogen) atoms. The number of hydrogen-bond donors (Lipinski definition) is 2. The number of carbonyl (C=O) groups excluding carboxylic acids is 1. The zero-order valence-electron chi connectivity index (χ0n) is 14.8. The first-order chi connectivity index (χ1) is 12.9. The molecule has 2 aromatic rings. The van der Waals surface area contributed by atoms with Crippen LogP contribution in [0.3, 0.4) is 0 Å². The van der Waals surface area contributed by atoms with Crippen LogP contribution >= 0.6 is 0 Å². The van der Waals surface area contributed by atoms with Gasteiger partial charge in [-0.1, -0.05) is 0 Å². The van der Waals surface area contributed by atoms with E-state index in [2.05, 4.69) is 10.6 Å². The Bertz CT molecular complexity index is 972. The second kappa shape index (κ2) is 6.86. The van der Waals surface area contributed by atoms with E-state index in [4.69, 9.17) is 8.92 Å². The average Bonchev–Trinajstić information content (AvgIpc) is 2.99. The van der Waals surface area contributed by atoms with E-state index in [9.17, 15) is 13.2 Å². The number of amides is 1. The third-order valence-electron chi connectivity index (χ3n) is 4.75. The molecule has 7 nitrogen and oxygen atoms in total. The first kappa shape index (κ1) is 17.8. The van der Waals surface area contributed by atoms with Crippen LogP contribution in [0.4, 0.5) is 5.69 Å².